The second-order valence-electron chi connectivity index (χ2n) is 6.55. The average Bonchev–Trinajstić information content (AvgIpc) is 3.10. The highest BCUT2D eigenvalue weighted by molar-refractivity contribution is 5.83. The van der Waals surface area contributed by atoms with Crippen molar-refractivity contribution in [3.63, 3.8) is 0 Å². The molecule has 0 bridgehead atoms. The number of carbonyl (C=O) groups excluding carboxylic acids is 1. The van der Waals surface area contributed by atoms with Gasteiger partial charge < -0.3 is 24.6 Å². The van der Waals surface area contributed by atoms with E-state index in [9.17, 15) is 9.59 Å². The minimum absolute atomic E-state index is 0.0799. The van der Waals surface area contributed by atoms with E-state index in [1.165, 1.54) is 6.33 Å². The molecule has 1 unspecified atom stereocenters. The average molecular weight is 402 g/mol. The lowest BCUT2D eigenvalue weighted by Crippen LogP contribution is -2.41. The van der Waals surface area contributed by atoms with Crippen LogP contribution in [0.2, 0.25) is 0 Å². The molecule has 156 valence electrons. The van der Waals surface area contributed by atoms with E-state index in [0.29, 0.717) is 37.0 Å². The molecule has 0 aromatic carbocycles. The Kier molecular flexibility index (Phi) is 8.21. The number of nitrogens with one attached hydrogen (secondary N) is 1. The van der Waals surface area contributed by atoms with Crippen LogP contribution in [0, 0.1) is 11.8 Å². The van der Waals surface area contributed by atoms with Crippen LogP contribution in [0.1, 0.15) is 32.6 Å². The number of amides is 1. The molecule has 0 spiro atoms. The summed E-state index contributed by atoms with van der Waals surface area (Å²) >= 11 is 0. The summed E-state index contributed by atoms with van der Waals surface area (Å²) in [4.78, 5) is 37.5. The number of carboxylic acids is 1. The van der Waals surface area contributed by atoms with Crippen LogP contribution in [0.25, 0.3) is 11.2 Å². The van der Waals surface area contributed by atoms with Gasteiger partial charge in [0.05, 0.1) is 12.9 Å². The molecule has 2 aromatic rings. The van der Waals surface area contributed by atoms with Gasteiger partial charge in [-0.05, 0) is 6.42 Å². The van der Waals surface area contributed by atoms with Crippen molar-refractivity contribution in [1.82, 2.24) is 24.8 Å². The number of hydrogen-bond donors (Lipinski definition) is 2. The Hall–Kier alpha value is -3.35. The molecular formula is C19H26N6O4. The smallest absolute Gasteiger partial charge is 0.407 e. The van der Waals surface area contributed by atoms with E-state index in [1.54, 1.807) is 6.33 Å². The highest BCUT2D eigenvalue weighted by Crippen LogP contribution is 2.18. The number of aromatic nitrogens is 4. The van der Waals surface area contributed by atoms with Crippen molar-refractivity contribution >= 4 is 29.0 Å². The Morgan fingerprint density at radius 1 is 1.31 bits per heavy atom. The van der Waals surface area contributed by atoms with E-state index >= 15 is 0 Å². The molecule has 0 saturated heterocycles. The second-order valence-corrected chi connectivity index (χ2v) is 6.55. The third-order valence-electron chi connectivity index (χ3n) is 4.08. The minimum atomic E-state index is -1.07. The summed E-state index contributed by atoms with van der Waals surface area (Å²) in [7, 11) is 3.78. The van der Waals surface area contributed by atoms with Crippen molar-refractivity contribution in [3.8, 4) is 11.8 Å². The van der Waals surface area contributed by atoms with Gasteiger partial charge in [0.1, 0.15) is 19.0 Å². The molecule has 10 nitrogen and oxygen atoms in total. The lowest BCUT2D eigenvalue weighted by molar-refractivity contribution is -0.139. The fraction of sp³-hybridized carbons (Fsp3) is 0.526. The number of alkyl carbamates (subject to hydrolysis) is 1. The fourth-order valence-corrected chi connectivity index (χ4v) is 2.59. The molecule has 0 saturated carbocycles. The second kappa shape index (κ2) is 10.8. The number of imidazole rings is 1. The highest BCUT2D eigenvalue weighted by Gasteiger charge is 2.19. The number of carboxylic acid groups (broad SMARTS) is 1. The number of nitrogens with zero attached hydrogens (tertiary/aromatic N) is 5. The molecule has 1 amide bonds. The van der Waals surface area contributed by atoms with Gasteiger partial charge in [-0.25, -0.2) is 24.5 Å². The van der Waals surface area contributed by atoms with Gasteiger partial charge in [0.15, 0.2) is 17.0 Å². The topological polar surface area (TPSA) is 122 Å². The Labute approximate surface area is 169 Å². The van der Waals surface area contributed by atoms with Crippen molar-refractivity contribution in [2.24, 2.45) is 0 Å². The Morgan fingerprint density at radius 3 is 2.79 bits per heavy atom. The molecule has 0 radical (unpaired) electrons. The zero-order valence-electron chi connectivity index (χ0n) is 16.9. The number of ether oxygens (including phenoxy) is 1. The summed E-state index contributed by atoms with van der Waals surface area (Å²) in [5.74, 6) is 5.57. The van der Waals surface area contributed by atoms with Gasteiger partial charge in [-0.2, -0.15) is 0 Å². The zero-order valence-corrected chi connectivity index (χ0v) is 16.9. The molecule has 10 heteroatoms. The number of anilines is 1. The van der Waals surface area contributed by atoms with Crippen molar-refractivity contribution in [2.75, 3.05) is 25.6 Å². The summed E-state index contributed by atoms with van der Waals surface area (Å²) < 4.78 is 6.81. The number of rotatable bonds is 9. The monoisotopic (exact) mass is 402 g/mol. The largest absolute Gasteiger partial charge is 0.480 e. The normalized spacial score (nSPS) is 11.4. The minimum Gasteiger partial charge on any atom is -0.480 e. The third-order valence-corrected chi connectivity index (χ3v) is 4.08. The first-order valence-corrected chi connectivity index (χ1v) is 9.39. The standard InChI is InChI=1S/C19H26N6O4/c1-4-5-9-14(18(26)27)23-19(28)29-11-8-6-7-10-25-13-22-15-16(24(2)3)20-12-21-17(15)25/h12-14H,4-5,8-11H2,1-3H3,(H,23,28)(H,26,27). The molecule has 2 N–H and O–H groups in total. The van der Waals surface area contributed by atoms with Crippen LogP contribution in [0.5, 0.6) is 0 Å². The predicted octanol–water partition coefficient (Wildman–Crippen LogP) is 1.66. The molecule has 0 aliphatic rings. The lowest BCUT2D eigenvalue weighted by atomic mass is 10.1. The number of hydrogen-bond acceptors (Lipinski definition) is 7. The van der Waals surface area contributed by atoms with Gasteiger partial charge in [-0.1, -0.05) is 31.6 Å². The third kappa shape index (κ3) is 6.34. The molecule has 0 fully saturated rings. The first-order chi connectivity index (χ1) is 13.9. The Morgan fingerprint density at radius 2 is 2.10 bits per heavy atom. The molecule has 0 aliphatic heterocycles. The van der Waals surface area contributed by atoms with Crippen LogP contribution >= 0.6 is 0 Å². The highest BCUT2D eigenvalue weighted by atomic mass is 16.5. The Balaban J connectivity index is 1.80. The van der Waals surface area contributed by atoms with E-state index in [4.69, 9.17) is 9.84 Å². The van der Waals surface area contributed by atoms with Gasteiger partial charge in [0.2, 0.25) is 0 Å². The van der Waals surface area contributed by atoms with Crippen molar-refractivity contribution in [3.05, 3.63) is 12.7 Å². The van der Waals surface area contributed by atoms with Gasteiger partial charge in [0.25, 0.3) is 0 Å². The maximum Gasteiger partial charge on any atom is 0.407 e. The summed E-state index contributed by atoms with van der Waals surface area (Å²) in [5.41, 5.74) is 1.40. The van der Waals surface area contributed by atoms with Gasteiger partial charge >= 0.3 is 12.1 Å². The van der Waals surface area contributed by atoms with Crippen LogP contribution in [-0.4, -0.2) is 63.4 Å². The molecular weight excluding hydrogens is 376 g/mol. The maximum atomic E-state index is 11.7. The molecule has 2 heterocycles. The number of aliphatic carboxylic acids is 1. The van der Waals surface area contributed by atoms with Crippen molar-refractivity contribution < 1.29 is 19.4 Å². The number of fused-ring (bicyclic) bond motifs is 1. The summed E-state index contributed by atoms with van der Waals surface area (Å²) in [6, 6.07) is -0.933. The molecule has 1 atom stereocenters. The van der Waals surface area contributed by atoms with E-state index in [2.05, 4.69) is 32.1 Å². The van der Waals surface area contributed by atoms with Crippen molar-refractivity contribution in [2.45, 2.75) is 45.2 Å². The zero-order chi connectivity index (χ0) is 21.2. The molecule has 29 heavy (non-hydrogen) atoms. The molecule has 2 aromatic heterocycles. The van der Waals surface area contributed by atoms with Crippen LogP contribution in [-0.2, 0) is 16.1 Å². The van der Waals surface area contributed by atoms with Crippen molar-refractivity contribution in [1.29, 1.82) is 0 Å². The van der Waals surface area contributed by atoms with Crippen LogP contribution in [0.3, 0.4) is 0 Å². The molecule has 0 aliphatic carbocycles. The van der Waals surface area contributed by atoms with Gasteiger partial charge in [-0.3, -0.25) is 0 Å². The van der Waals surface area contributed by atoms with E-state index in [-0.39, 0.29) is 6.61 Å². The summed E-state index contributed by atoms with van der Waals surface area (Å²) in [6.45, 7) is 2.43. The summed E-state index contributed by atoms with van der Waals surface area (Å²) in [6.07, 6.45) is 4.68. The van der Waals surface area contributed by atoms with Crippen LogP contribution in [0.4, 0.5) is 10.6 Å². The van der Waals surface area contributed by atoms with E-state index in [0.717, 1.165) is 12.2 Å². The predicted molar refractivity (Wildman–Crippen MR) is 107 cm³/mol. The maximum absolute atomic E-state index is 11.7. The molecule has 2 rings (SSSR count). The first-order valence-electron chi connectivity index (χ1n) is 9.39. The number of carbonyl (C=O) groups is 2. The Bertz CT molecular complexity index is 899. The quantitative estimate of drug-likeness (QED) is 0.480. The summed E-state index contributed by atoms with van der Waals surface area (Å²) in [5, 5.41) is 11.5. The van der Waals surface area contributed by atoms with Gasteiger partial charge in [-0.15, -0.1) is 0 Å². The van der Waals surface area contributed by atoms with Crippen LogP contribution in [0.15, 0.2) is 12.7 Å². The lowest BCUT2D eigenvalue weighted by Gasteiger charge is -2.13. The van der Waals surface area contributed by atoms with Crippen LogP contribution < -0.4 is 10.2 Å². The number of unbranched alkanes of at least 4 members (excludes halogenated alkanes) is 1. The SMILES string of the molecule is CCCCC(NC(=O)OCCC#CCn1cnc2c(N(C)C)ncnc21)C(=O)O. The first kappa shape index (κ1) is 21.9. The van der Waals surface area contributed by atoms with E-state index < -0.39 is 18.1 Å². The fourth-order valence-electron chi connectivity index (χ4n) is 2.59. The van der Waals surface area contributed by atoms with E-state index in [1.807, 2.05) is 30.5 Å². The van der Waals surface area contributed by atoms with Gasteiger partial charge in [0, 0.05) is 20.5 Å².